The molecule has 2 rings (SSSR count). The third-order valence-electron chi connectivity index (χ3n) is 3.15. The van der Waals surface area contributed by atoms with Gasteiger partial charge in [-0.25, -0.2) is 4.39 Å². The van der Waals surface area contributed by atoms with Crippen LogP contribution in [0.2, 0.25) is 0 Å². The molecular formula is C16H21FIN3S. The van der Waals surface area contributed by atoms with Gasteiger partial charge in [-0.1, -0.05) is 12.1 Å². The minimum atomic E-state index is -0.175. The van der Waals surface area contributed by atoms with E-state index in [2.05, 4.69) is 34.7 Å². The highest BCUT2D eigenvalue weighted by molar-refractivity contribution is 14.0. The molecule has 2 N–H and O–H groups in total. The number of rotatable bonds is 4. The molecule has 0 saturated heterocycles. The van der Waals surface area contributed by atoms with Gasteiger partial charge in [0, 0.05) is 23.3 Å². The topological polar surface area (TPSA) is 36.4 Å². The van der Waals surface area contributed by atoms with Crippen molar-refractivity contribution in [3.8, 4) is 0 Å². The average Bonchev–Trinajstić information content (AvgIpc) is 2.88. The molecule has 2 aromatic rings. The summed E-state index contributed by atoms with van der Waals surface area (Å²) >= 11 is 1.76. The van der Waals surface area contributed by atoms with Gasteiger partial charge in [-0.3, -0.25) is 4.99 Å². The Bertz CT molecular complexity index is 640. The van der Waals surface area contributed by atoms with Gasteiger partial charge in [-0.15, -0.1) is 35.3 Å². The first-order valence-corrected chi connectivity index (χ1v) is 7.65. The summed E-state index contributed by atoms with van der Waals surface area (Å²) < 4.78 is 13.5. The van der Waals surface area contributed by atoms with Crippen LogP contribution in [0.15, 0.2) is 35.3 Å². The van der Waals surface area contributed by atoms with Crippen molar-refractivity contribution in [2.45, 2.75) is 26.9 Å². The van der Waals surface area contributed by atoms with Gasteiger partial charge in [0.2, 0.25) is 0 Å². The molecule has 0 radical (unpaired) electrons. The zero-order valence-corrected chi connectivity index (χ0v) is 16.1. The van der Waals surface area contributed by atoms with Crippen molar-refractivity contribution in [3.63, 3.8) is 0 Å². The molecule has 120 valence electrons. The van der Waals surface area contributed by atoms with Gasteiger partial charge in [-0.2, -0.15) is 0 Å². The molecular weight excluding hydrogens is 412 g/mol. The van der Waals surface area contributed by atoms with E-state index in [1.165, 1.54) is 9.75 Å². The summed E-state index contributed by atoms with van der Waals surface area (Å²) in [5.41, 5.74) is 1.56. The van der Waals surface area contributed by atoms with E-state index in [1.54, 1.807) is 37.4 Å². The standard InChI is InChI=1S/C16H20FN3S.HI/c1-11-4-6-13(8-15(11)17)9-19-16(18-3)20-10-14-7-5-12(2)21-14;/h4-8H,9-10H2,1-3H3,(H2,18,19,20);1H. The van der Waals surface area contributed by atoms with Crippen molar-refractivity contribution < 1.29 is 4.39 Å². The monoisotopic (exact) mass is 433 g/mol. The Labute approximate surface area is 152 Å². The number of hydrogen-bond donors (Lipinski definition) is 2. The summed E-state index contributed by atoms with van der Waals surface area (Å²) in [5, 5.41) is 6.44. The minimum Gasteiger partial charge on any atom is -0.352 e. The Kier molecular flexibility index (Phi) is 7.81. The van der Waals surface area contributed by atoms with E-state index in [9.17, 15) is 4.39 Å². The molecule has 1 aromatic carbocycles. The smallest absolute Gasteiger partial charge is 0.191 e. The summed E-state index contributed by atoms with van der Waals surface area (Å²) in [7, 11) is 1.73. The van der Waals surface area contributed by atoms with Crippen molar-refractivity contribution in [2.24, 2.45) is 4.99 Å². The highest BCUT2D eigenvalue weighted by atomic mass is 127. The zero-order chi connectivity index (χ0) is 15.2. The number of nitrogens with zero attached hydrogens (tertiary/aromatic N) is 1. The molecule has 3 nitrogen and oxygen atoms in total. The Hall–Kier alpha value is -1.15. The van der Waals surface area contributed by atoms with E-state index in [1.807, 2.05) is 6.07 Å². The quantitative estimate of drug-likeness (QED) is 0.435. The van der Waals surface area contributed by atoms with Crippen LogP contribution in [0.5, 0.6) is 0 Å². The number of halogens is 2. The zero-order valence-electron chi connectivity index (χ0n) is 12.9. The summed E-state index contributed by atoms with van der Waals surface area (Å²) in [4.78, 5) is 6.73. The molecule has 0 amide bonds. The summed E-state index contributed by atoms with van der Waals surface area (Å²) in [5.74, 6) is 0.536. The van der Waals surface area contributed by atoms with Crippen LogP contribution in [-0.2, 0) is 13.1 Å². The Morgan fingerprint density at radius 3 is 2.45 bits per heavy atom. The van der Waals surface area contributed by atoms with Crippen LogP contribution in [0.3, 0.4) is 0 Å². The second-order valence-corrected chi connectivity index (χ2v) is 6.25. The molecule has 22 heavy (non-hydrogen) atoms. The highest BCUT2D eigenvalue weighted by Crippen LogP contribution is 2.14. The van der Waals surface area contributed by atoms with Crippen molar-refractivity contribution in [1.82, 2.24) is 10.6 Å². The number of guanidine groups is 1. The van der Waals surface area contributed by atoms with E-state index in [0.29, 0.717) is 18.1 Å². The average molecular weight is 433 g/mol. The second-order valence-electron chi connectivity index (χ2n) is 4.88. The first-order valence-electron chi connectivity index (χ1n) is 6.83. The van der Waals surface area contributed by atoms with Crippen LogP contribution in [0.1, 0.15) is 20.9 Å². The molecule has 0 bridgehead atoms. The lowest BCUT2D eigenvalue weighted by atomic mass is 10.1. The van der Waals surface area contributed by atoms with Gasteiger partial charge < -0.3 is 10.6 Å². The van der Waals surface area contributed by atoms with Gasteiger partial charge in [0.25, 0.3) is 0 Å². The molecule has 1 aromatic heterocycles. The van der Waals surface area contributed by atoms with Gasteiger partial charge in [0.05, 0.1) is 6.54 Å². The van der Waals surface area contributed by atoms with Crippen molar-refractivity contribution in [1.29, 1.82) is 0 Å². The molecule has 0 unspecified atom stereocenters. The second kappa shape index (κ2) is 9.09. The Morgan fingerprint density at radius 2 is 1.86 bits per heavy atom. The van der Waals surface area contributed by atoms with E-state index >= 15 is 0 Å². The van der Waals surface area contributed by atoms with Gasteiger partial charge in [-0.05, 0) is 43.2 Å². The molecule has 0 spiro atoms. The van der Waals surface area contributed by atoms with Crippen LogP contribution in [0.4, 0.5) is 4.39 Å². The molecule has 1 heterocycles. The van der Waals surface area contributed by atoms with Crippen molar-refractivity contribution >= 4 is 41.3 Å². The first-order chi connectivity index (χ1) is 10.1. The molecule has 0 atom stereocenters. The number of aryl methyl sites for hydroxylation is 2. The summed E-state index contributed by atoms with van der Waals surface area (Å²) in [6, 6.07) is 9.47. The highest BCUT2D eigenvalue weighted by Gasteiger charge is 2.02. The molecule has 0 aliphatic carbocycles. The number of thiophene rings is 1. The predicted molar refractivity (Wildman–Crippen MR) is 103 cm³/mol. The molecule has 0 fully saturated rings. The lowest BCUT2D eigenvalue weighted by molar-refractivity contribution is 0.615. The summed E-state index contributed by atoms with van der Waals surface area (Å²) in [6.45, 7) is 5.13. The van der Waals surface area contributed by atoms with Crippen LogP contribution in [0, 0.1) is 19.7 Å². The molecule has 0 saturated carbocycles. The van der Waals surface area contributed by atoms with Crippen LogP contribution in [-0.4, -0.2) is 13.0 Å². The fraction of sp³-hybridized carbons (Fsp3) is 0.312. The van der Waals surface area contributed by atoms with Crippen LogP contribution in [0.25, 0.3) is 0 Å². The SMILES string of the molecule is CN=C(NCc1ccc(C)c(F)c1)NCc1ccc(C)s1.I. The third-order valence-corrected chi connectivity index (χ3v) is 4.15. The lowest BCUT2D eigenvalue weighted by Gasteiger charge is -2.11. The van der Waals surface area contributed by atoms with Crippen molar-refractivity contribution in [3.05, 3.63) is 57.0 Å². The van der Waals surface area contributed by atoms with Crippen molar-refractivity contribution in [2.75, 3.05) is 7.05 Å². The predicted octanol–water partition coefficient (Wildman–Crippen LogP) is 3.99. The number of hydrogen-bond acceptors (Lipinski definition) is 2. The van der Waals surface area contributed by atoms with E-state index in [4.69, 9.17) is 0 Å². The number of aliphatic imine (C=N–C) groups is 1. The number of benzene rings is 1. The van der Waals surface area contributed by atoms with Crippen LogP contribution < -0.4 is 10.6 Å². The maximum Gasteiger partial charge on any atom is 0.191 e. The normalized spacial score (nSPS) is 11.0. The largest absolute Gasteiger partial charge is 0.352 e. The minimum absolute atomic E-state index is 0. The molecule has 0 aliphatic rings. The maximum atomic E-state index is 13.5. The number of nitrogens with one attached hydrogen (secondary N) is 2. The first kappa shape index (κ1) is 18.9. The fourth-order valence-corrected chi connectivity index (χ4v) is 2.73. The van der Waals surface area contributed by atoms with Gasteiger partial charge in [0.15, 0.2) is 5.96 Å². The lowest BCUT2D eigenvalue weighted by Crippen LogP contribution is -2.36. The maximum absolute atomic E-state index is 13.5. The summed E-state index contributed by atoms with van der Waals surface area (Å²) in [6.07, 6.45) is 0. The van der Waals surface area contributed by atoms with Gasteiger partial charge in [0.1, 0.15) is 5.82 Å². The Balaban J connectivity index is 0.00000242. The van der Waals surface area contributed by atoms with Crippen LogP contribution >= 0.6 is 35.3 Å². The third kappa shape index (κ3) is 5.57. The van der Waals surface area contributed by atoms with E-state index < -0.39 is 0 Å². The molecule has 6 heteroatoms. The Morgan fingerprint density at radius 1 is 1.14 bits per heavy atom. The van der Waals surface area contributed by atoms with Gasteiger partial charge >= 0.3 is 0 Å². The van der Waals surface area contributed by atoms with E-state index in [0.717, 1.165) is 12.1 Å². The fourth-order valence-electron chi connectivity index (χ4n) is 1.90. The molecule has 0 aliphatic heterocycles. The van der Waals surface area contributed by atoms with E-state index in [-0.39, 0.29) is 29.8 Å².